The van der Waals surface area contributed by atoms with Gasteiger partial charge in [-0.05, 0) is 56.7 Å². The second-order valence-electron chi connectivity index (χ2n) is 6.04. The van der Waals surface area contributed by atoms with Gasteiger partial charge in [-0.2, -0.15) is 0 Å². The molecule has 1 saturated carbocycles. The molecule has 0 aromatic carbocycles. The van der Waals surface area contributed by atoms with Crippen LogP contribution in [0.3, 0.4) is 0 Å². The van der Waals surface area contributed by atoms with Crippen LogP contribution in [0.25, 0.3) is 0 Å². The molecule has 1 nitrogen and oxygen atoms in total. The largest absolute Gasteiger partial charge is 0.313 e. The molecule has 0 saturated heterocycles. The Morgan fingerprint density at radius 2 is 2.17 bits per heavy atom. The van der Waals surface area contributed by atoms with E-state index < -0.39 is 0 Å². The van der Waals surface area contributed by atoms with E-state index in [9.17, 15) is 0 Å². The SMILES string of the molecule is Cc1cc(CNCCC2CCCC(C)C2)c(C)s1. The fourth-order valence-electron chi connectivity index (χ4n) is 3.21. The van der Waals surface area contributed by atoms with Crippen molar-refractivity contribution >= 4 is 11.3 Å². The van der Waals surface area contributed by atoms with Crippen molar-refractivity contribution in [3.63, 3.8) is 0 Å². The number of aryl methyl sites for hydroxylation is 2. The Kier molecular flexibility index (Phi) is 5.25. The molecule has 1 aromatic rings. The summed E-state index contributed by atoms with van der Waals surface area (Å²) in [6, 6.07) is 2.33. The van der Waals surface area contributed by atoms with Crippen LogP contribution in [0.2, 0.25) is 0 Å². The van der Waals surface area contributed by atoms with E-state index in [1.807, 2.05) is 11.3 Å². The smallest absolute Gasteiger partial charge is 0.0216 e. The first-order valence-corrected chi connectivity index (χ1v) is 8.23. The highest BCUT2D eigenvalue weighted by Crippen LogP contribution is 2.30. The summed E-state index contributed by atoms with van der Waals surface area (Å²) in [5, 5.41) is 3.62. The second-order valence-corrected chi connectivity index (χ2v) is 7.50. The maximum absolute atomic E-state index is 3.62. The lowest BCUT2D eigenvalue weighted by Crippen LogP contribution is -2.21. The molecule has 2 heteroatoms. The van der Waals surface area contributed by atoms with Gasteiger partial charge >= 0.3 is 0 Å². The van der Waals surface area contributed by atoms with Crippen molar-refractivity contribution < 1.29 is 0 Å². The first-order chi connectivity index (χ1) is 8.65. The van der Waals surface area contributed by atoms with E-state index in [1.165, 1.54) is 54.0 Å². The van der Waals surface area contributed by atoms with Crippen molar-refractivity contribution in [2.75, 3.05) is 6.54 Å². The number of hydrogen-bond donors (Lipinski definition) is 1. The van der Waals surface area contributed by atoms with Crippen molar-refractivity contribution in [3.8, 4) is 0 Å². The Morgan fingerprint density at radius 1 is 1.33 bits per heavy atom. The Morgan fingerprint density at radius 3 is 2.83 bits per heavy atom. The molecule has 102 valence electrons. The van der Waals surface area contributed by atoms with E-state index in [4.69, 9.17) is 0 Å². The molecule has 1 aromatic heterocycles. The van der Waals surface area contributed by atoms with Gasteiger partial charge in [0.1, 0.15) is 0 Å². The maximum atomic E-state index is 3.62. The minimum Gasteiger partial charge on any atom is -0.313 e. The van der Waals surface area contributed by atoms with Crippen LogP contribution in [0, 0.1) is 25.7 Å². The highest BCUT2D eigenvalue weighted by molar-refractivity contribution is 7.12. The van der Waals surface area contributed by atoms with Crippen LogP contribution >= 0.6 is 11.3 Å². The molecule has 1 heterocycles. The molecule has 0 aliphatic heterocycles. The van der Waals surface area contributed by atoms with Crippen LogP contribution in [-0.2, 0) is 6.54 Å². The van der Waals surface area contributed by atoms with Crippen LogP contribution in [0.5, 0.6) is 0 Å². The Balaban J connectivity index is 1.65. The Labute approximate surface area is 116 Å². The molecule has 0 radical (unpaired) electrons. The van der Waals surface area contributed by atoms with E-state index in [2.05, 4.69) is 32.2 Å². The van der Waals surface area contributed by atoms with E-state index in [0.717, 1.165) is 18.4 Å². The molecule has 1 fully saturated rings. The molecule has 2 unspecified atom stereocenters. The van der Waals surface area contributed by atoms with Crippen molar-refractivity contribution in [3.05, 3.63) is 21.4 Å². The molecule has 1 aliphatic carbocycles. The minimum atomic E-state index is 0.963. The van der Waals surface area contributed by atoms with Crippen LogP contribution in [0.4, 0.5) is 0 Å². The van der Waals surface area contributed by atoms with Gasteiger partial charge in [0, 0.05) is 16.3 Å². The summed E-state index contributed by atoms with van der Waals surface area (Å²) < 4.78 is 0. The summed E-state index contributed by atoms with van der Waals surface area (Å²) in [7, 11) is 0. The lowest BCUT2D eigenvalue weighted by Gasteiger charge is -2.26. The predicted octanol–water partition coefficient (Wildman–Crippen LogP) is 4.67. The summed E-state index contributed by atoms with van der Waals surface area (Å²) in [5.74, 6) is 1.94. The van der Waals surface area contributed by atoms with Crippen molar-refractivity contribution in [2.24, 2.45) is 11.8 Å². The standard InChI is InChI=1S/C16H27NS/c1-12-5-4-6-15(9-12)7-8-17-11-16-10-13(2)18-14(16)3/h10,12,15,17H,4-9,11H2,1-3H3. The highest BCUT2D eigenvalue weighted by Gasteiger charge is 2.18. The summed E-state index contributed by atoms with van der Waals surface area (Å²) in [4.78, 5) is 2.91. The van der Waals surface area contributed by atoms with Crippen molar-refractivity contribution in [1.29, 1.82) is 0 Å². The number of rotatable bonds is 5. The third-order valence-electron chi connectivity index (χ3n) is 4.23. The van der Waals surface area contributed by atoms with Gasteiger partial charge in [-0.15, -0.1) is 11.3 Å². The monoisotopic (exact) mass is 265 g/mol. The lowest BCUT2D eigenvalue weighted by atomic mass is 9.81. The van der Waals surface area contributed by atoms with Gasteiger partial charge in [0.05, 0.1) is 0 Å². The van der Waals surface area contributed by atoms with Gasteiger partial charge in [0.25, 0.3) is 0 Å². The maximum Gasteiger partial charge on any atom is 0.0216 e. The molecule has 0 spiro atoms. The molecule has 1 N–H and O–H groups in total. The molecular formula is C16H27NS. The zero-order valence-corrected chi connectivity index (χ0v) is 12.9. The summed E-state index contributed by atoms with van der Waals surface area (Å²) in [5.41, 5.74) is 1.49. The van der Waals surface area contributed by atoms with E-state index in [1.54, 1.807) is 0 Å². The van der Waals surface area contributed by atoms with Gasteiger partial charge in [0.15, 0.2) is 0 Å². The van der Waals surface area contributed by atoms with E-state index in [0.29, 0.717) is 0 Å². The Bertz CT molecular complexity index is 369. The predicted molar refractivity (Wildman–Crippen MR) is 81.2 cm³/mol. The Hall–Kier alpha value is -0.340. The lowest BCUT2D eigenvalue weighted by molar-refractivity contribution is 0.267. The van der Waals surface area contributed by atoms with Crippen LogP contribution in [0.1, 0.15) is 54.3 Å². The third kappa shape index (κ3) is 4.10. The molecular weight excluding hydrogens is 238 g/mol. The zero-order valence-electron chi connectivity index (χ0n) is 12.1. The van der Waals surface area contributed by atoms with Gasteiger partial charge in [-0.25, -0.2) is 0 Å². The van der Waals surface area contributed by atoms with Crippen LogP contribution in [-0.4, -0.2) is 6.54 Å². The molecule has 0 amide bonds. The fourth-order valence-corrected chi connectivity index (χ4v) is 4.16. The number of nitrogens with one attached hydrogen (secondary N) is 1. The van der Waals surface area contributed by atoms with Crippen LogP contribution < -0.4 is 5.32 Å². The summed E-state index contributed by atoms with van der Waals surface area (Å²) >= 11 is 1.92. The first-order valence-electron chi connectivity index (χ1n) is 7.41. The van der Waals surface area contributed by atoms with E-state index >= 15 is 0 Å². The topological polar surface area (TPSA) is 12.0 Å². The van der Waals surface area contributed by atoms with Crippen LogP contribution in [0.15, 0.2) is 6.07 Å². The quantitative estimate of drug-likeness (QED) is 0.763. The van der Waals surface area contributed by atoms with Crippen molar-refractivity contribution in [2.45, 2.75) is 59.4 Å². The summed E-state index contributed by atoms with van der Waals surface area (Å²) in [6.45, 7) is 9.09. The molecule has 0 bridgehead atoms. The highest BCUT2D eigenvalue weighted by atomic mass is 32.1. The zero-order chi connectivity index (χ0) is 13.0. The third-order valence-corrected chi connectivity index (χ3v) is 5.24. The molecule has 1 aliphatic rings. The first kappa shape index (κ1) is 14.1. The second kappa shape index (κ2) is 6.72. The van der Waals surface area contributed by atoms with Gasteiger partial charge in [0.2, 0.25) is 0 Å². The number of thiophene rings is 1. The van der Waals surface area contributed by atoms with Gasteiger partial charge < -0.3 is 5.32 Å². The molecule has 2 atom stereocenters. The minimum absolute atomic E-state index is 0.963. The van der Waals surface area contributed by atoms with Crippen molar-refractivity contribution in [1.82, 2.24) is 5.32 Å². The average molecular weight is 265 g/mol. The molecule has 18 heavy (non-hydrogen) atoms. The van der Waals surface area contributed by atoms with E-state index in [-0.39, 0.29) is 0 Å². The summed E-state index contributed by atoms with van der Waals surface area (Å²) in [6.07, 6.45) is 7.19. The fraction of sp³-hybridized carbons (Fsp3) is 0.750. The average Bonchev–Trinajstić information content (AvgIpc) is 2.64. The normalized spacial score (nSPS) is 24.4. The van der Waals surface area contributed by atoms with Gasteiger partial charge in [-0.1, -0.05) is 26.2 Å². The van der Waals surface area contributed by atoms with Gasteiger partial charge in [-0.3, -0.25) is 0 Å². The number of hydrogen-bond acceptors (Lipinski definition) is 2. The molecule has 2 rings (SSSR count).